The smallest absolute Gasteiger partial charge is 0.275 e. The van der Waals surface area contributed by atoms with Gasteiger partial charge < -0.3 is 0 Å². The molecule has 1 amide bonds. The Labute approximate surface area is 128 Å². The molecule has 0 aliphatic heterocycles. The predicted molar refractivity (Wildman–Crippen MR) is 86.6 cm³/mol. The molecule has 3 rings (SSSR count). The molecule has 0 radical (unpaired) electrons. The van der Waals surface area contributed by atoms with E-state index in [4.69, 9.17) is 5.21 Å². The summed E-state index contributed by atoms with van der Waals surface area (Å²) in [5.41, 5.74) is 5.97. The zero-order valence-electron chi connectivity index (χ0n) is 11.9. The zero-order chi connectivity index (χ0) is 15.4. The average Bonchev–Trinajstić information content (AvgIpc) is 2.62. The van der Waals surface area contributed by atoms with Crippen LogP contribution in [0.5, 0.6) is 0 Å². The highest BCUT2D eigenvalue weighted by Crippen LogP contribution is 2.29. The van der Waals surface area contributed by atoms with Crippen molar-refractivity contribution in [3.05, 3.63) is 84.4 Å². The van der Waals surface area contributed by atoms with Crippen LogP contribution in [-0.4, -0.2) is 11.1 Å². The molecule has 22 heavy (non-hydrogen) atoms. The molecular weight excluding hydrogens is 274 g/mol. The van der Waals surface area contributed by atoms with Gasteiger partial charge in [0, 0.05) is 5.56 Å². The van der Waals surface area contributed by atoms with Gasteiger partial charge in [0.15, 0.2) is 0 Å². The SMILES string of the molecule is O=C(NO)c1ccc(-c2ccccc2)cc1-c1ccccc1. The maximum absolute atomic E-state index is 11.9. The molecule has 3 heteroatoms. The number of benzene rings is 3. The molecule has 108 valence electrons. The fourth-order valence-electron chi connectivity index (χ4n) is 2.47. The lowest BCUT2D eigenvalue weighted by molar-refractivity contribution is 0.0707. The van der Waals surface area contributed by atoms with E-state index < -0.39 is 5.91 Å². The van der Waals surface area contributed by atoms with Gasteiger partial charge in [-0.3, -0.25) is 10.0 Å². The van der Waals surface area contributed by atoms with Gasteiger partial charge in [0.25, 0.3) is 5.91 Å². The Morgan fingerprint density at radius 3 is 1.91 bits per heavy atom. The van der Waals surface area contributed by atoms with Crippen LogP contribution in [0.3, 0.4) is 0 Å². The van der Waals surface area contributed by atoms with Crippen LogP contribution in [0.15, 0.2) is 78.9 Å². The standard InChI is InChI=1S/C19H15NO2/c21-19(20-22)17-12-11-16(14-7-3-1-4-8-14)13-18(17)15-9-5-2-6-10-15/h1-13,22H,(H,20,21). The number of carbonyl (C=O) groups is 1. The minimum Gasteiger partial charge on any atom is -0.288 e. The van der Waals surface area contributed by atoms with Gasteiger partial charge in [-0.15, -0.1) is 0 Å². The van der Waals surface area contributed by atoms with Crippen molar-refractivity contribution in [3.63, 3.8) is 0 Å². The summed E-state index contributed by atoms with van der Waals surface area (Å²) >= 11 is 0. The summed E-state index contributed by atoms with van der Waals surface area (Å²) < 4.78 is 0. The number of hydrogen-bond donors (Lipinski definition) is 2. The number of nitrogens with one attached hydrogen (secondary N) is 1. The Balaban J connectivity index is 2.17. The van der Waals surface area contributed by atoms with E-state index in [0.29, 0.717) is 5.56 Å². The number of rotatable bonds is 3. The van der Waals surface area contributed by atoms with E-state index in [-0.39, 0.29) is 0 Å². The van der Waals surface area contributed by atoms with Crippen LogP contribution in [0.1, 0.15) is 10.4 Å². The van der Waals surface area contributed by atoms with E-state index in [2.05, 4.69) is 0 Å². The Hall–Kier alpha value is -2.91. The number of hydrogen-bond acceptors (Lipinski definition) is 2. The fourth-order valence-corrected chi connectivity index (χ4v) is 2.47. The van der Waals surface area contributed by atoms with Gasteiger partial charge >= 0.3 is 0 Å². The lowest BCUT2D eigenvalue weighted by Gasteiger charge is -2.11. The zero-order valence-corrected chi connectivity index (χ0v) is 11.9. The molecule has 3 aromatic rings. The first-order chi connectivity index (χ1) is 10.8. The minimum absolute atomic E-state index is 0.438. The van der Waals surface area contributed by atoms with Gasteiger partial charge in [0.1, 0.15) is 0 Å². The van der Waals surface area contributed by atoms with E-state index in [9.17, 15) is 4.79 Å². The highest BCUT2D eigenvalue weighted by molar-refractivity contribution is 6.01. The quantitative estimate of drug-likeness (QED) is 0.562. The van der Waals surface area contributed by atoms with Crippen LogP contribution in [0.25, 0.3) is 22.3 Å². The second-order valence-corrected chi connectivity index (χ2v) is 4.93. The summed E-state index contributed by atoms with van der Waals surface area (Å²) in [5, 5.41) is 8.95. The van der Waals surface area contributed by atoms with Crippen molar-refractivity contribution in [2.24, 2.45) is 0 Å². The molecule has 3 nitrogen and oxygen atoms in total. The van der Waals surface area contributed by atoms with Crippen molar-refractivity contribution < 1.29 is 10.0 Å². The van der Waals surface area contributed by atoms with Crippen molar-refractivity contribution >= 4 is 5.91 Å². The molecule has 0 aromatic heterocycles. The van der Waals surface area contributed by atoms with Gasteiger partial charge in [-0.05, 0) is 34.4 Å². The molecule has 3 aromatic carbocycles. The normalized spacial score (nSPS) is 10.2. The minimum atomic E-state index is -0.515. The number of carbonyl (C=O) groups excluding carboxylic acids is 1. The number of hydroxylamine groups is 1. The van der Waals surface area contributed by atoms with Crippen molar-refractivity contribution in [2.75, 3.05) is 0 Å². The third kappa shape index (κ3) is 2.75. The molecule has 0 bridgehead atoms. The van der Waals surface area contributed by atoms with Gasteiger partial charge in [-0.1, -0.05) is 66.7 Å². The molecule has 2 N–H and O–H groups in total. The van der Waals surface area contributed by atoms with Crippen LogP contribution in [0.2, 0.25) is 0 Å². The van der Waals surface area contributed by atoms with Gasteiger partial charge in [-0.2, -0.15) is 0 Å². The Morgan fingerprint density at radius 1 is 0.727 bits per heavy atom. The van der Waals surface area contributed by atoms with E-state index in [1.807, 2.05) is 72.8 Å². The fraction of sp³-hybridized carbons (Fsp3) is 0. The Kier molecular flexibility index (Phi) is 3.99. The molecule has 0 aliphatic rings. The van der Waals surface area contributed by atoms with E-state index in [1.165, 1.54) is 0 Å². The molecule has 0 aliphatic carbocycles. The Morgan fingerprint density at radius 2 is 1.32 bits per heavy atom. The molecule has 0 spiro atoms. The van der Waals surface area contributed by atoms with E-state index in [0.717, 1.165) is 22.3 Å². The first-order valence-corrected chi connectivity index (χ1v) is 6.99. The highest BCUT2D eigenvalue weighted by Gasteiger charge is 2.13. The third-order valence-corrected chi connectivity index (χ3v) is 3.56. The topological polar surface area (TPSA) is 49.3 Å². The molecule has 0 unspecified atom stereocenters. The van der Waals surface area contributed by atoms with Crippen molar-refractivity contribution in [1.29, 1.82) is 0 Å². The molecule has 0 saturated heterocycles. The largest absolute Gasteiger partial charge is 0.288 e. The van der Waals surface area contributed by atoms with Crippen LogP contribution in [-0.2, 0) is 0 Å². The molecular formula is C19H15NO2. The third-order valence-electron chi connectivity index (χ3n) is 3.56. The predicted octanol–water partition coefficient (Wildman–Crippen LogP) is 4.14. The van der Waals surface area contributed by atoms with Crippen molar-refractivity contribution in [2.45, 2.75) is 0 Å². The molecule has 0 saturated carbocycles. The first-order valence-electron chi connectivity index (χ1n) is 6.99. The molecule has 0 fully saturated rings. The summed E-state index contributed by atoms with van der Waals surface area (Å²) in [4.78, 5) is 11.9. The van der Waals surface area contributed by atoms with Crippen LogP contribution in [0, 0.1) is 0 Å². The van der Waals surface area contributed by atoms with Crippen LogP contribution >= 0.6 is 0 Å². The molecule has 0 heterocycles. The highest BCUT2D eigenvalue weighted by atomic mass is 16.5. The summed E-state index contributed by atoms with van der Waals surface area (Å²) in [7, 11) is 0. The van der Waals surface area contributed by atoms with E-state index in [1.54, 1.807) is 11.5 Å². The summed E-state index contributed by atoms with van der Waals surface area (Å²) in [6.07, 6.45) is 0. The van der Waals surface area contributed by atoms with Crippen molar-refractivity contribution in [1.82, 2.24) is 5.48 Å². The van der Waals surface area contributed by atoms with Gasteiger partial charge in [-0.25, -0.2) is 5.48 Å². The maximum Gasteiger partial charge on any atom is 0.275 e. The summed E-state index contributed by atoms with van der Waals surface area (Å²) in [6.45, 7) is 0. The number of amides is 1. The van der Waals surface area contributed by atoms with E-state index >= 15 is 0 Å². The lowest BCUT2D eigenvalue weighted by atomic mass is 9.94. The average molecular weight is 289 g/mol. The Bertz CT molecular complexity index is 783. The summed E-state index contributed by atoms with van der Waals surface area (Å²) in [5.74, 6) is -0.515. The lowest BCUT2D eigenvalue weighted by Crippen LogP contribution is -2.19. The molecule has 0 atom stereocenters. The second kappa shape index (κ2) is 6.24. The van der Waals surface area contributed by atoms with Gasteiger partial charge in [0.2, 0.25) is 0 Å². The van der Waals surface area contributed by atoms with Gasteiger partial charge in [0.05, 0.1) is 0 Å². The second-order valence-electron chi connectivity index (χ2n) is 4.93. The van der Waals surface area contributed by atoms with Crippen LogP contribution < -0.4 is 5.48 Å². The van der Waals surface area contributed by atoms with Crippen molar-refractivity contribution in [3.8, 4) is 22.3 Å². The first kappa shape index (κ1) is 14.0. The summed E-state index contributed by atoms with van der Waals surface area (Å²) in [6, 6.07) is 25.2. The maximum atomic E-state index is 11.9. The monoisotopic (exact) mass is 289 g/mol. The van der Waals surface area contributed by atoms with Crippen LogP contribution in [0.4, 0.5) is 0 Å².